The Kier molecular flexibility index (Phi) is 5.20. The van der Waals surface area contributed by atoms with Gasteiger partial charge < -0.3 is 14.8 Å². The smallest absolute Gasteiger partial charge is 0.227 e. The molecule has 1 aromatic heterocycles. The largest absolute Gasteiger partial charge is 0.495 e. The van der Waals surface area contributed by atoms with Crippen LogP contribution in [0, 0.1) is 11.3 Å². The third-order valence-electron chi connectivity index (χ3n) is 3.72. The Hall–Kier alpha value is -3.30. The molecule has 0 unspecified atom stereocenters. The van der Waals surface area contributed by atoms with E-state index in [1.807, 2.05) is 6.07 Å². The maximum Gasteiger partial charge on any atom is 0.227 e. The molecule has 3 aromatic rings. The van der Waals surface area contributed by atoms with E-state index in [0.29, 0.717) is 33.7 Å². The molecular formula is C19H15ClN4O2. The summed E-state index contributed by atoms with van der Waals surface area (Å²) in [5.41, 5.74) is 2.81. The molecule has 0 aliphatic rings. The minimum Gasteiger partial charge on any atom is -0.495 e. The van der Waals surface area contributed by atoms with E-state index in [1.54, 1.807) is 49.8 Å². The Morgan fingerprint density at radius 2 is 1.69 bits per heavy atom. The quantitative estimate of drug-likeness (QED) is 0.719. The fraction of sp³-hybridized carbons (Fsp3) is 0.105. The second kappa shape index (κ2) is 7.72. The van der Waals surface area contributed by atoms with Crippen LogP contribution in [0.15, 0.2) is 48.8 Å². The van der Waals surface area contributed by atoms with Gasteiger partial charge >= 0.3 is 0 Å². The minimum absolute atomic E-state index is 0.412. The van der Waals surface area contributed by atoms with E-state index in [1.165, 1.54) is 7.11 Å². The Morgan fingerprint density at radius 1 is 0.962 bits per heavy atom. The number of hydrogen-bond donors (Lipinski definition) is 1. The van der Waals surface area contributed by atoms with Crippen molar-refractivity contribution >= 4 is 23.2 Å². The average molecular weight is 367 g/mol. The van der Waals surface area contributed by atoms with Gasteiger partial charge in [0.25, 0.3) is 0 Å². The minimum atomic E-state index is 0.412. The Bertz CT molecular complexity index is 968. The van der Waals surface area contributed by atoms with E-state index in [4.69, 9.17) is 26.3 Å². The predicted octanol–water partition coefficient (Wildman–Crippen LogP) is 4.43. The van der Waals surface area contributed by atoms with Gasteiger partial charge in [-0.25, -0.2) is 9.97 Å². The number of methoxy groups -OCH3 is 2. The number of nitrogens with one attached hydrogen (secondary N) is 1. The van der Waals surface area contributed by atoms with Crippen LogP contribution >= 0.6 is 11.6 Å². The molecule has 6 nitrogen and oxygen atoms in total. The molecule has 0 aliphatic heterocycles. The molecule has 0 atom stereocenters. The fourth-order valence-corrected chi connectivity index (χ4v) is 2.58. The molecule has 26 heavy (non-hydrogen) atoms. The second-order valence-corrected chi connectivity index (χ2v) is 5.73. The first-order valence-corrected chi connectivity index (χ1v) is 8.03. The summed E-state index contributed by atoms with van der Waals surface area (Å²) in [5, 5.41) is 12.7. The Labute approximate surface area is 156 Å². The molecular weight excluding hydrogens is 352 g/mol. The lowest BCUT2D eigenvalue weighted by atomic mass is 10.1. The van der Waals surface area contributed by atoms with Gasteiger partial charge in [-0.05, 0) is 35.9 Å². The van der Waals surface area contributed by atoms with Crippen molar-refractivity contribution in [2.75, 3.05) is 19.5 Å². The molecule has 0 saturated heterocycles. The first-order chi connectivity index (χ1) is 12.6. The van der Waals surface area contributed by atoms with E-state index in [9.17, 15) is 0 Å². The van der Waals surface area contributed by atoms with Crippen LogP contribution in [0.5, 0.6) is 11.5 Å². The van der Waals surface area contributed by atoms with Gasteiger partial charge in [-0.3, -0.25) is 0 Å². The number of halogens is 1. The zero-order valence-electron chi connectivity index (χ0n) is 14.2. The van der Waals surface area contributed by atoms with Crippen LogP contribution in [0.1, 0.15) is 5.56 Å². The monoisotopic (exact) mass is 366 g/mol. The number of benzene rings is 2. The molecule has 0 radical (unpaired) electrons. The molecule has 2 aromatic carbocycles. The first kappa shape index (κ1) is 17.5. The highest BCUT2D eigenvalue weighted by Crippen LogP contribution is 2.30. The highest BCUT2D eigenvalue weighted by Gasteiger charge is 2.08. The predicted molar refractivity (Wildman–Crippen MR) is 100 cm³/mol. The first-order valence-electron chi connectivity index (χ1n) is 7.65. The molecule has 130 valence electrons. The summed E-state index contributed by atoms with van der Waals surface area (Å²) in [6.45, 7) is 0. The highest BCUT2D eigenvalue weighted by molar-refractivity contribution is 6.31. The van der Waals surface area contributed by atoms with Crippen LogP contribution < -0.4 is 14.8 Å². The Balaban J connectivity index is 1.86. The van der Waals surface area contributed by atoms with Gasteiger partial charge in [0.1, 0.15) is 17.6 Å². The molecule has 7 heteroatoms. The molecule has 1 N–H and O–H groups in total. The van der Waals surface area contributed by atoms with Crippen LogP contribution in [0.4, 0.5) is 11.6 Å². The summed E-state index contributed by atoms with van der Waals surface area (Å²) in [4.78, 5) is 8.65. The van der Waals surface area contributed by atoms with Gasteiger partial charge in [-0.1, -0.05) is 17.7 Å². The summed E-state index contributed by atoms with van der Waals surface area (Å²) in [5.74, 6) is 1.56. The maximum atomic E-state index is 9.07. The number of rotatable bonds is 5. The molecule has 0 spiro atoms. The summed E-state index contributed by atoms with van der Waals surface area (Å²) in [6.07, 6.45) is 3.38. The van der Waals surface area contributed by atoms with Crippen molar-refractivity contribution in [1.29, 1.82) is 5.26 Å². The third-order valence-corrected chi connectivity index (χ3v) is 3.95. The number of nitrogens with zero attached hydrogens (tertiary/aromatic N) is 3. The highest BCUT2D eigenvalue weighted by atomic mass is 35.5. The van der Waals surface area contributed by atoms with Crippen LogP contribution in [-0.2, 0) is 0 Å². The summed E-state index contributed by atoms with van der Waals surface area (Å²) in [6, 6.07) is 12.7. The van der Waals surface area contributed by atoms with Gasteiger partial charge in [0.05, 0.1) is 25.5 Å². The van der Waals surface area contributed by atoms with Crippen molar-refractivity contribution < 1.29 is 9.47 Å². The summed E-state index contributed by atoms with van der Waals surface area (Å²) >= 11 is 6.03. The molecule has 0 bridgehead atoms. The zero-order valence-corrected chi connectivity index (χ0v) is 14.9. The third kappa shape index (κ3) is 3.68. The maximum absolute atomic E-state index is 9.07. The average Bonchev–Trinajstić information content (AvgIpc) is 2.68. The Morgan fingerprint density at radius 3 is 2.35 bits per heavy atom. The normalized spacial score (nSPS) is 10.1. The van der Waals surface area contributed by atoms with Crippen LogP contribution in [0.3, 0.4) is 0 Å². The lowest BCUT2D eigenvalue weighted by molar-refractivity contribution is 0.413. The van der Waals surface area contributed by atoms with E-state index in [-0.39, 0.29) is 0 Å². The zero-order chi connectivity index (χ0) is 18.5. The van der Waals surface area contributed by atoms with Crippen molar-refractivity contribution in [2.45, 2.75) is 0 Å². The number of nitriles is 1. The standard InChI is InChI=1S/C19H15ClN4O2/c1-25-17-6-5-15(20)8-16(17)24-19-22-10-14(11-23-19)12-3-4-13(9-21)18(7-12)26-2/h3-8,10-11H,1-2H3,(H,22,23,24). The number of aromatic nitrogens is 2. The van der Waals surface area contributed by atoms with Crippen molar-refractivity contribution in [3.05, 3.63) is 59.4 Å². The van der Waals surface area contributed by atoms with Crippen LogP contribution in [-0.4, -0.2) is 24.2 Å². The van der Waals surface area contributed by atoms with Crippen molar-refractivity contribution in [3.8, 4) is 28.7 Å². The number of hydrogen-bond acceptors (Lipinski definition) is 6. The number of ether oxygens (including phenoxy) is 2. The molecule has 3 rings (SSSR count). The summed E-state index contributed by atoms with van der Waals surface area (Å²) in [7, 11) is 3.11. The van der Waals surface area contributed by atoms with E-state index < -0.39 is 0 Å². The van der Waals surface area contributed by atoms with E-state index >= 15 is 0 Å². The SMILES string of the molecule is COc1cc(-c2cnc(Nc3cc(Cl)ccc3OC)nc2)ccc1C#N. The van der Waals surface area contributed by atoms with Crippen LogP contribution in [0.2, 0.25) is 5.02 Å². The molecule has 1 heterocycles. The van der Waals surface area contributed by atoms with Gasteiger partial charge in [0.15, 0.2) is 0 Å². The van der Waals surface area contributed by atoms with Crippen molar-refractivity contribution in [2.24, 2.45) is 0 Å². The van der Waals surface area contributed by atoms with Crippen molar-refractivity contribution in [1.82, 2.24) is 9.97 Å². The lowest BCUT2D eigenvalue weighted by Crippen LogP contribution is -1.99. The van der Waals surface area contributed by atoms with E-state index in [2.05, 4.69) is 21.4 Å². The molecule has 0 aliphatic carbocycles. The molecule has 0 fully saturated rings. The van der Waals surface area contributed by atoms with Gasteiger partial charge in [0, 0.05) is 23.0 Å². The van der Waals surface area contributed by atoms with Gasteiger partial charge in [-0.2, -0.15) is 5.26 Å². The molecule has 0 amide bonds. The van der Waals surface area contributed by atoms with Crippen molar-refractivity contribution in [3.63, 3.8) is 0 Å². The summed E-state index contributed by atoms with van der Waals surface area (Å²) < 4.78 is 10.5. The van der Waals surface area contributed by atoms with Gasteiger partial charge in [-0.15, -0.1) is 0 Å². The number of anilines is 2. The second-order valence-electron chi connectivity index (χ2n) is 5.29. The molecule has 0 saturated carbocycles. The lowest BCUT2D eigenvalue weighted by Gasteiger charge is -2.11. The topological polar surface area (TPSA) is 80.1 Å². The van der Waals surface area contributed by atoms with Gasteiger partial charge in [0.2, 0.25) is 5.95 Å². The van der Waals surface area contributed by atoms with E-state index in [0.717, 1.165) is 11.1 Å². The fourth-order valence-electron chi connectivity index (χ4n) is 2.40. The van der Waals surface area contributed by atoms with Crippen LogP contribution in [0.25, 0.3) is 11.1 Å².